The van der Waals surface area contributed by atoms with Crippen molar-refractivity contribution < 1.29 is 19.1 Å². The molecule has 2 amide bonds. The number of benzene rings is 2. The number of hydrogen-bond donors (Lipinski definition) is 2. The molecule has 0 heterocycles. The molecule has 0 unspecified atom stereocenters. The molecular formula is C19H19Cl2N3O4. The number of ether oxygens (including phenoxy) is 2. The minimum atomic E-state index is -0.483. The molecular weight excluding hydrogens is 405 g/mol. The van der Waals surface area contributed by atoms with Crippen LogP contribution in [0, 0.1) is 0 Å². The van der Waals surface area contributed by atoms with Crippen LogP contribution in [0.3, 0.4) is 0 Å². The summed E-state index contributed by atoms with van der Waals surface area (Å²) >= 11 is 11.7. The molecule has 2 rings (SSSR count). The van der Waals surface area contributed by atoms with Crippen molar-refractivity contribution in [2.45, 2.75) is 6.92 Å². The van der Waals surface area contributed by atoms with E-state index in [0.29, 0.717) is 28.2 Å². The van der Waals surface area contributed by atoms with Gasteiger partial charge in [0.2, 0.25) is 0 Å². The highest BCUT2D eigenvalue weighted by Gasteiger charge is 2.08. The molecule has 0 saturated carbocycles. The van der Waals surface area contributed by atoms with Gasteiger partial charge in [0.1, 0.15) is 11.5 Å². The fourth-order valence-corrected chi connectivity index (χ4v) is 2.52. The van der Waals surface area contributed by atoms with Crippen LogP contribution in [0.4, 0.5) is 0 Å². The molecule has 2 N–H and O–H groups in total. The Labute approximate surface area is 172 Å². The highest BCUT2D eigenvalue weighted by Crippen LogP contribution is 2.27. The van der Waals surface area contributed by atoms with Gasteiger partial charge in [0.25, 0.3) is 11.8 Å². The van der Waals surface area contributed by atoms with E-state index in [0.717, 1.165) is 5.56 Å². The molecule has 148 valence electrons. The molecule has 9 heteroatoms. The number of amides is 2. The van der Waals surface area contributed by atoms with Crippen LogP contribution in [0.15, 0.2) is 47.6 Å². The average molecular weight is 424 g/mol. The molecule has 28 heavy (non-hydrogen) atoms. The van der Waals surface area contributed by atoms with E-state index in [2.05, 4.69) is 15.8 Å². The first-order valence-electron chi connectivity index (χ1n) is 8.38. The smallest absolute Gasteiger partial charge is 0.259 e. The second-order valence-electron chi connectivity index (χ2n) is 5.40. The monoisotopic (exact) mass is 423 g/mol. The molecule has 0 aliphatic rings. The van der Waals surface area contributed by atoms with Crippen molar-refractivity contribution in [3.05, 3.63) is 58.1 Å². The molecule has 0 aliphatic carbocycles. The number of rotatable bonds is 9. The lowest BCUT2D eigenvalue weighted by Gasteiger charge is -2.08. The summed E-state index contributed by atoms with van der Waals surface area (Å²) in [5.41, 5.74) is 3.05. The third-order valence-corrected chi connectivity index (χ3v) is 3.84. The van der Waals surface area contributed by atoms with Gasteiger partial charge in [-0.3, -0.25) is 9.59 Å². The van der Waals surface area contributed by atoms with Gasteiger partial charge in [0, 0.05) is 10.6 Å². The summed E-state index contributed by atoms with van der Waals surface area (Å²) in [7, 11) is 0. The second kappa shape index (κ2) is 11.2. The first-order chi connectivity index (χ1) is 13.5. The van der Waals surface area contributed by atoms with Crippen molar-refractivity contribution >= 4 is 41.2 Å². The summed E-state index contributed by atoms with van der Waals surface area (Å²) in [6, 6.07) is 11.9. The maximum Gasteiger partial charge on any atom is 0.259 e. The summed E-state index contributed by atoms with van der Waals surface area (Å²) in [5, 5.41) is 7.03. The van der Waals surface area contributed by atoms with E-state index >= 15 is 0 Å². The molecule has 0 radical (unpaired) electrons. The third-order valence-electron chi connectivity index (χ3n) is 3.31. The minimum Gasteiger partial charge on any atom is -0.493 e. The normalized spacial score (nSPS) is 10.5. The fraction of sp³-hybridized carbons (Fsp3) is 0.211. The highest BCUT2D eigenvalue weighted by molar-refractivity contribution is 6.35. The Bertz CT molecular complexity index is 859. The van der Waals surface area contributed by atoms with Crippen LogP contribution in [0.2, 0.25) is 10.0 Å². The summed E-state index contributed by atoms with van der Waals surface area (Å²) < 4.78 is 10.7. The first-order valence-corrected chi connectivity index (χ1v) is 9.13. The van der Waals surface area contributed by atoms with Gasteiger partial charge in [-0.1, -0.05) is 35.3 Å². The molecule has 0 bridgehead atoms. The van der Waals surface area contributed by atoms with Crippen LogP contribution < -0.4 is 20.2 Å². The van der Waals surface area contributed by atoms with E-state index < -0.39 is 11.8 Å². The molecule has 2 aromatic rings. The van der Waals surface area contributed by atoms with E-state index in [1.165, 1.54) is 12.3 Å². The molecule has 0 atom stereocenters. The number of nitrogens with one attached hydrogen (secondary N) is 2. The van der Waals surface area contributed by atoms with Gasteiger partial charge >= 0.3 is 0 Å². The molecule has 2 aromatic carbocycles. The van der Waals surface area contributed by atoms with Crippen molar-refractivity contribution in [3.8, 4) is 11.5 Å². The highest BCUT2D eigenvalue weighted by atomic mass is 35.5. The molecule has 0 aromatic heterocycles. The zero-order valence-electron chi connectivity index (χ0n) is 15.1. The Hall–Kier alpha value is -2.77. The maximum absolute atomic E-state index is 11.8. The number of hydrogen-bond acceptors (Lipinski definition) is 5. The molecule has 0 saturated heterocycles. The van der Waals surface area contributed by atoms with Gasteiger partial charge in [0.15, 0.2) is 6.61 Å². The number of carbonyl (C=O) groups is 2. The van der Waals surface area contributed by atoms with Gasteiger partial charge < -0.3 is 14.8 Å². The van der Waals surface area contributed by atoms with Crippen LogP contribution in [0.1, 0.15) is 12.5 Å². The Morgan fingerprint density at radius 1 is 1.07 bits per heavy atom. The van der Waals surface area contributed by atoms with Crippen LogP contribution in [-0.2, 0) is 9.59 Å². The second-order valence-corrected chi connectivity index (χ2v) is 6.25. The summed E-state index contributed by atoms with van der Waals surface area (Å²) in [4.78, 5) is 23.5. The Morgan fingerprint density at radius 2 is 1.86 bits per heavy atom. The summed E-state index contributed by atoms with van der Waals surface area (Å²) in [5.74, 6) is 0.0207. The molecule has 0 aliphatic heterocycles. The number of hydrazone groups is 1. The van der Waals surface area contributed by atoms with Gasteiger partial charge in [-0.2, -0.15) is 5.10 Å². The summed E-state index contributed by atoms with van der Waals surface area (Å²) in [6.45, 7) is 1.86. The van der Waals surface area contributed by atoms with Crippen LogP contribution in [0.25, 0.3) is 0 Å². The zero-order chi connectivity index (χ0) is 20.4. The van der Waals surface area contributed by atoms with Crippen molar-refractivity contribution in [2.24, 2.45) is 5.10 Å². The van der Waals surface area contributed by atoms with Crippen molar-refractivity contribution in [2.75, 3.05) is 19.8 Å². The van der Waals surface area contributed by atoms with Gasteiger partial charge in [-0.15, -0.1) is 0 Å². The van der Waals surface area contributed by atoms with Crippen LogP contribution >= 0.6 is 23.2 Å². The maximum atomic E-state index is 11.8. The third kappa shape index (κ3) is 7.09. The standard InChI is InChI=1S/C19H19Cl2N3O4/c1-2-27-16-6-4-3-5-13(16)10-23-24-18(25)11-22-19(26)12-28-17-8-7-14(20)9-15(17)21/h3-10H,2,11-12H2,1H3,(H,22,26)(H,24,25)/b23-10+. The van der Waals surface area contributed by atoms with E-state index in [4.69, 9.17) is 32.7 Å². The van der Waals surface area contributed by atoms with E-state index in [-0.39, 0.29) is 13.2 Å². The molecule has 0 spiro atoms. The SMILES string of the molecule is CCOc1ccccc1/C=N/NC(=O)CNC(=O)COc1ccc(Cl)cc1Cl. The van der Waals surface area contributed by atoms with E-state index in [9.17, 15) is 9.59 Å². The minimum absolute atomic E-state index is 0.249. The van der Waals surface area contributed by atoms with Gasteiger partial charge in [-0.25, -0.2) is 5.43 Å². The Balaban J connectivity index is 1.74. The number of halogens is 2. The zero-order valence-corrected chi connectivity index (χ0v) is 16.6. The first kappa shape index (κ1) is 21.5. The van der Waals surface area contributed by atoms with Gasteiger partial charge in [-0.05, 0) is 37.3 Å². The van der Waals surface area contributed by atoms with Crippen molar-refractivity contribution in [1.29, 1.82) is 0 Å². The predicted octanol–water partition coefficient (Wildman–Crippen LogP) is 3.04. The van der Waals surface area contributed by atoms with Crippen LogP contribution in [0.5, 0.6) is 11.5 Å². The quantitative estimate of drug-likeness (QED) is 0.479. The number of carbonyl (C=O) groups excluding carboxylic acids is 2. The topological polar surface area (TPSA) is 89.0 Å². The largest absolute Gasteiger partial charge is 0.493 e. The fourth-order valence-electron chi connectivity index (χ4n) is 2.05. The lowest BCUT2D eigenvalue weighted by Crippen LogP contribution is -2.37. The summed E-state index contributed by atoms with van der Waals surface area (Å²) in [6.07, 6.45) is 1.47. The van der Waals surface area contributed by atoms with Crippen molar-refractivity contribution in [1.82, 2.24) is 10.7 Å². The van der Waals surface area contributed by atoms with Crippen molar-refractivity contribution in [3.63, 3.8) is 0 Å². The van der Waals surface area contributed by atoms with E-state index in [1.54, 1.807) is 18.2 Å². The predicted molar refractivity (Wildman–Crippen MR) is 108 cm³/mol. The number of para-hydroxylation sites is 1. The van der Waals surface area contributed by atoms with Gasteiger partial charge in [0.05, 0.1) is 24.4 Å². The van der Waals surface area contributed by atoms with E-state index in [1.807, 2.05) is 25.1 Å². The lowest BCUT2D eigenvalue weighted by atomic mass is 10.2. The Morgan fingerprint density at radius 3 is 2.61 bits per heavy atom. The van der Waals surface area contributed by atoms with Crippen LogP contribution in [-0.4, -0.2) is 37.8 Å². The average Bonchev–Trinajstić information content (AvgIpc) is 2.67. The molecule has 0 fully saturated rings. The number of nitrogens with zero attached hydrogens (tertiary/aromatic N) is 1. The molecule has 7 nitrogen and oxygen atoms in total. The lowest BCUT2D eigenvalue weighted by molar-refractivity contribution is -0.127. The Kier molecular flexibility index (Phi) is 8.58.